The number of hydrogen-bond acceptors (Lipinski definition) is 2. The first-order chi connectivity index (χ1) is 8.83. The van der Waals surface area contributed by atoms with Gasteiger partial charge in [-0.3, -0.25) is 0 Å². The molecule has 0 aromatic carbocycles. The van der Waals surface area contributed by atoms with Crippen LogP contribution in [-0.2, 0) is 6.42 Å². The van der Waals surface area contributed by atoms with Crippen molar-refractivity contribution in [2.45, 2.75) is 58.4 Å². The summed E-state index contributed by atoms with van der Waals surface area (Å²) in [6.45, 7) is 5.59. The Morgan fingerprint density at radius 3 is 2.94 bits per heavy atom. The van der Waals surface area contributed by atoms with E-state index in [0.29, 0.717) is 6.04 Å². The van der Waals surface area contributed by atoms with Crippen molar-refractivity contribution in [1.82, 2.24) is 5.32 Å². The Hall–Kier alpha value is -0.760. The minimum absolute atomic E-state index is 0.593. The van der Waals surface area contributed by atoms with Crippen molar-refractivity contribution < 1.29 is 4.42 Å². The summed E-state index contributed by atoms with van der Waals surface area (Å²) in [5, 5.41) is 3.68. The SMILES string of the molecule is CCNC(Cc1ccco1)C1CCCC(CC)C1. The van der Waals surface area contributed by atoms with E-state index in [0.717, 1.165) is 30.6 Å². The Morgan fingerprint density at radius 1 is 1.39 bits per heavy atom. The molecule has 3 unspecified atom stereocenters. The molecule has 1 N–H and O–H groups in total. The van der Waals surface area contributed by atoms with Crippen LogP contribution in [0.5, 0.6) is 0 Å². The Morgan fingerprint density at radius 2 is 2.28 bits per heavy atom. The molecular formula is C16H27NO. The Labute approximate surface area is 111 Å². The molecule has 0 radical (unpaired) electrons. The molecule has 102 valence electrons. The van der Waals surface area contributed by atoms with Crippen LogP contribution in [0.2, 0.25) is 0 Å². The summed E-state index contributed by atoms with van der Waals surface area (Å²) in [5.74, 6) is 2.90. The van der Waals surface area contributed by atoms with Gasteiger partial charge in [-0.25, -0.2) is 0 Å². The highest BCUT2D eigenvalue weighted by molar-refractivity contribution is 5.01. The monoisotopic (exact) mass is 249 g/mol. The van der Waals surface area contributed by atoms with Gasteiger partial charge in [-0.2, -0.15) is 0 Å². The second-order valence-electron chi connectivity index (χ2n) is 5.65. The van der Waals surface area contributed by atoms with Crippen LogP contribution < -0.4 is 5.32 Å². The van der Waals surface area contributed by atoms with Gasteiger partial charge in [0.15, 0.2) is 0 Å². The fraction of sp³-hybridized carbons (Fsp3) is 0.750. The van der Waals surface area contributed by atoms with Crippen LogP contribution >= 0.6 is 0 Å². The van der Waals surface area contributed by atoms with Gasteiger partial charge >= 0.3 is 0 Å². The van der Waals surface area contributed by atoms with E-state index in [2.05, 4.69) is 25.2 Å². The third kappa shape index (κ3) is 3.61. The normalized spacial score (nSPS) is 26.1. The first-order valence-corrected chi connectivity index (χ1v) is 7.59. The van der Waals surface area contributed by atoms with Crippen LogP contribution in [0.3, 0.4) is 0 Å². The van der Waals surface area contributed by atoms with Crippen LogP contribution in [0, 0.1) is 11.8 Å². The molecule has 0 saturated heterocycles. The predicted molar refractivity (Wildman–Crippen MR) is 75.6 cm³/mol. The molecule has 2 rings (SSSR count). The van der Waals surface area contributed by atoms with Crippen molar-refractivity contribution >= 4 is 0 Å². The summed E-state index contributed by atoms with van der Waals surface area (Å²) >= 11 is 0. The zero-order valence-corrected chi connectivity index (χ0v) is 11.8. The van der Waals surface area contributed by atoms with Gasteiger partial charge in [0.2, 0.25) is 0 Å². The van der Waals surface area contributed by atoms with Crippen molar-refractivity contribution in [3.8, 4) is 0 Å². The molecule has 2 heteroatoms. The van der Waals surface area contributed by atoms with E-state index in [-0.39, 0.29) is 0 Å². The quantitative estimate of drug-likeness (QED) is 0.824. The Kier molecular flexibility index (Phi) is 5.30. The molecule has 18 heavy (non-hydrogen) atoms. The van der Waals surface area contributed by atoms with Gasteiger partial charge in [0.25, 0.3) is 0 Å². The zero-order chi connectivity index (χ0) is 12.8. The van der Waals surface area contributed by atoms with E-state index in [1.165, 1.54) is 32.1 Å². The number of nitrogens with one attached hydrogen (secondary N) is 1. The standard InChI is InChI=1S/C16H27NO/c1-3-13-7-5-8-14(11-13)16(17-4-2)12-15-9-6-10-18-15/h6,9-10,13-14,16-17H,3-5,7-8,11-12H2,1-2H3. The van der Waals surface area contributed by atoms with Crippen molar-refractivity contribution in [1.29, 1.82) is 0 Å². The highest BCUT2D eigenvalue weighted by atomic mass is 16.3. The largest absolute Gasteiger partial charge is 0.469 e. The summed E-state index contributed by atoms with van der Waals surface area (Å²) < 4.78 is 5.51. The average molecular weight is 249 g/mol. The van der Waals surface area contributed by atoms with E-state index in [4.69, 9.17) is 4.42 Å². The fourth-order valence-corrected chi connectivity index (χ4v) is 3.38. The van der Waals surface area contributed by atoms with E-state index < -0.39 is 0 Å². The van der Waals surface area contributed by atoms with Gasteiger partial charge in [-0.05, 0) is 43.4 Å². The smallest absolute Gasteiger partial charge is 0.105 e. The molecule has 1 fully saturated rings. The number of hydrogen-bond donors (Lipinski definition) is 1. The van der Waals surface area contributed by atoms with Gasteiger partial charge in [0.05, 0.1) is 6.26 Å². The molecule has 0 spiro atoms. The Bertz CT molecular complexity index is 320. The summed E-state index contributed by atoms with van der Waals surface area (Å²) in [7, 11) is 0. The summed E-state index contributed by atoms with van der Waals surface area (Å²) in [6, 6.07) is 4.69. The number of rotatable bonds is 6. The van der Waals surface area contributed by atoms with Gasteiger partial charge in [-0.1, -0.05) is 33.1 Å². The lowest BCUT2D eigenvalue weighted by Crippen LogP contribution is -2.40. The predicted octanol–water partition coefficient (Wildman–Crippen LogP) is 4.02. The van der Waals surface area contributed by atoms with E-state index in [1.54, 1.807) is 6.26 Å². The van der Waals surface area contributed by atoms with Crippen LogP contribution in [-0.4, -0.2) is 12.6 Å². The highest BCUT2D eigenvalue weighted by Crippen LogP contribution is 2.33. The minimum Gasteiger partial charge on any atom is -0.469 e. The maximum absolute atomic E-state index is 5.51. The fourth-order valence-electron chi connectivity index (χ4n) is 3.38. The zero-order valence-electron chi connectivity index (χ0n) is 11.8. The first-order valence-electron chi connectivity index (χ1n) is 7.59. The van der Waals surface area contributed by atoms with Crippen LogP contribution in [0.25, 0.3) is 0 Å². The molecule has 2 nitrogen and oxygen atoms in total. The van der Waals surface area contributed by atoms with Gasteiger partial charge in [0.1, 0.15) is 5.76 Å². The second-order valence-corrected chi connectivity index (χ2v) is 5.65. The number of likely N-dealkylation sites (N-methyl/N-ethyl adjacent to an activating group) is 1. The molecule has 1 aromatic heterocycles. The lowest BCUT2D eigenvalue weighted by Gasteiger charge is -2.34. The van der Waals surface area contributed by atoms with Crippen molar-refractivity contribution in [3.63, 3.8) is 0 Å². The molecule has 1 saturated carbocycles. The lowest BCUT2D eigenvalue weighted by molar-refractivity contribution is 0.204. The van der Waals surface area contributed by atoms with Crippen molar-refractivity contribution in [3.05, 3.63) is 24.2 Å². The number of furan rings is 1. The van der Waals surface area contributed by atoms with E-state index >= 15 is 0 Å². The Balaban J connectivity index is 1.95. The molecule has 1 aliphatic rings. The van der Waals surface area contributed by atoms with Crippen LogP contribution in [0.1, 0.15) is 51.7 Å². The third-order valence-corrected chi connectivity index (χ3v) is 4.44. The topological polar surface area (TPSA) is 25.2 Å². The first kappa shape index (κ1) is 13.7. The summed E-state index contributed by atoms with van der Waals surface area (Å²) in [6.07, 6.45) is 9.80. The maximum atomic E-state index is 5.51. The minimum atomic E-state index is 0.593. The van der Waals surface area contributed by atoms with Gasteiger partial charge in [-0.15, -0.1) is 0 Å². The highest BCUT2D eigenvalue weighted by Gasteiger charge is 2.27. The van der Waals surface area contributed by atoms with E-state index in [9.17, 15) is 0 Å². The molecule has 0 aliphatic heterocycles. The molecule has 1 heterocycles. The second kappa shape index (κ2) is 6.98. The third-order valence-electron chi connectivity index (χ3n) is 4.44. The lowest BCUT2D eigenvalue weighted by atomic mass is 9.76. The van der Waals surface area contributed by atoms with Gasteiger partial charge in [0, 0.05) is 12.5 Å². The van der Waals surface area contributed by atoms with Gasteiger partial charge < -0.3 is 9.73 Å². The van der Waals surface area contributed by atoms with Crippen LogP contribution in [0.4, 0.5) is 0 Å². The van der Waals surface area contributed by atoms with Crippen LogP contribution in [0.15, 0.2) is 22.8 Å². The molecular weight excluding hydrogens is 222 g/mol. The molecule has 1 aliphatic carbocycles. The van der Waals surface area contributed by atoms with E-state index in [1.807, 2.05) is 6.07 Å². The maximum Gasteiger partial charge on any atom is 0.105 e. The molecule has 3 atom stereocenters. The van der Waals surface area contributed by atoms with Crippen molar-refractivity contribution in [2.75, 3.05) is 6.54 Å². The summed E-state index contributed by atoms with van der Waals surface area (Å²) in [5.41, 5.74) is 0. The average Bonchev–Trinajstić information content (AvgIpc) is 2.91. The molecule has 1 aromatic rings. The molecule has 0 amide bonds. The molecule has 0 bridgehead atoms. The summed E-state index contributed by atoms with van der Waals surface area (Å²) in [4.78, 5) is 0. The van der Waals surface area contributed by atoms with Crippen molar-refractivity contribution in [2.24, 2.45) is 11.8 Å².